The molecule has 0 spiro atoms. The molecule has 2 rings (SSSR count). The molecule has 1 aliphatic heterocycles. The van der Waals surface area contributed by atoms with Crippen LogP contribution in [-0.2, 0) is 6.54 Å². The van der Waals surface area contributed by atoms with Crippen LogP contribution in [-0.4, -0.2) is 34.2 Å². The lowest BCUT2D eigenvalue weighted by molar-refractivity contribution is 0.153. The van der Waals surface area contributed by atoms with Gasteiger partial charge in [-0.3, -0.25) is 9.88 Å². The minimum atomic E-state index is 0.277. The Labute approximate surface area is 90.8 Å². The van der Waals surface area contributed by atoms with Crippen LogP contribution in [0, 0.1) is 6.92 Å². The number of aliphatic hydroxyl groups excluding tert-OH is 1. The molecule has 82 valence electrons. The predicted molar refractivity (Wildman–Crippen MR) is 59.5 cm³/mol. The number of aromatic nitrogens is 1. The van der Waals surface area contributed by atoms with Crippen LogP contribution in [0.3, 0.4) is 0 Å². The maximum absolute atomic E-state index is 9.23. The third-order valence-electron chi connectivity index (χ3n) is 3.20. The fraction of sp³-hybridized carbons (Fsp3) is 0.583. The molecule has 0 unspecified atom stereocenters. The molecule has 1 aromatic rings. The summed E-state index contributed by atoms with van der Waals surface area (Å²) in [5.41, 5.74) is 2.37. The van der Waals surface area contributed by atoms with Crippen LogP contribution in [0.15, 0.2) is 18.3 Å². The molecular weight excluding hydrogens is 188 g/mol. The first kappa shape index (κ1) is 10.6. The Balaban J connectivity index is 2.05. The molecule has 1 aliphatic rings. The summed E-state index contributed by atoms with van der Waals surface area (Å²) in [6.07, 6.45) is 4.15. The third kappa shape index (κ3) is 2.36. The van der Waals surface area contributed by atoms with Gasteiger partial charge in [-0.2, -0.15) is 0 Å². The zero-order chi connectivity index (χ0) is 10.7. The lowest BCUT2D eigenvalue weighted by Crippen LogP contribution is -2.31. The van der Waals surface area contributed by atoms with E-state index in [1.165, 1.54) is 12.0 Å². The second-order valence-electron chi connectivity index (χ2n) is 4.20. The predicted octanol–water partition coefficient (Wildman–Crippen LogP) is 1.35. The molecule has 0 radical (unpaired) electrons. The summed E-state index contributed by atoms with van der Waals surface area (Å²) in [7, 11) is 0. The van der Waals surface area contributed by atoms with E-state index >= 15 is 0 Å². The fourth-order valence-electron chi connectivity index (χ4n) is 2.21. The molecule has 1 atom stereocenters. The number of aryl methyl sites for hydroxylation is 1. The summed E-state index contributed by atoms with van der Waals surface area (Å²) in [5, 5.41) is 9.23. The van der Waals surface area contributed by atoms with Crippen LogP contribution in [0.25, 0.3) is 0 Å². The Morgan fingerprint density at radius 2 is 2.47 bits per heavy atom. The van der Waals surface area contributed by atoms with Crippen molar-refractivity contribution in [1.29, 1.82) is 0 Å². The second kappa shape index (κ2) is 4.73. The first-order valence-corrected chi connectivity index (χ1v) is 5.56. The highest BCUT2D eigenvalue weighted by Crippen LogP contribution is 2.20. The van der Waals surface area contributed by atoms with Crippen molar-refractivity contribution in [3.05, 3.63) is 29.6 Å². The van der Waals surface area contributed by atoms with Gasteiger partial charge in [0.05, 0.1) is 6.61 Å². The van der Waals surface area contributed by atoms with Crippen LogP contribution in [0.4, 0.5) is 0 Å². The number of rotatable bonds is 3. The standard InChI is InChI=1S/C12H18N2O/c1-10-11(4-2-6-13-10)8-14-7-3-5-12(14)9-15/h2,4,6,12,15H,3,5,7-9H2,1H3/t12-/m0/s1. The van der Waals surface area contributed by atoms with E-state index < -0.39 is 0 Å². The second-order valence-corrected chi connectivity index (χ2v) is 4.20. The van der Waals surface area contributed by atoms with E-state index in [0.717, 1.165) is 25.2 Å². The number of likely N-dealkylation sites (tertiary alicyclic amines) is 1. The number of nitrogens with zero attached hydrogens (tertiary/aromatic N) is 2. The number of aliphatic hydroxyl groups is 1. The van der Waals surface area contributed by atoms with Crippen LogP contribution in [0.5, 0.6) is 0 Å². The van der Waals surface area contributed by atoms with Gasteiger partial charge >= 0.3 is 0 Å². The van der Waals surface area contributed by atoms with E-state index in [0.29, 0.717) is 6.04 Å². The lowest BCUT2D eigenvalue weighted by atomic mass is 10.2. The third-order valence-corrected chi connectivity index (χ3v) is 3.20. The van der Waals surface area contributed by atoms with Gasteiger partial charge in [-0.05, 0) is 37.9 Å². The zero-order valence-corrected chi connectivity index (χ0v) is 9.19. The first-order chi connectivity index (χ1) is 7.31. The molecule has 1 N–H and O–H groups in total. The monoisotopic (exact) mass is 206 g/mol. The molecule has 0 aliphatic carbocycles. The Hall–Kier alpha value is -0.930. The topological polar surface area (TPSA) is 36.4 Å². The van der Waals surface area contributed by atoms with E-state index in [1.54, 1.807) is 0 Å². The van der Waals surface area contributed by atoms with Gasteiger partial charge in [0.1, 0.15) is 0 Å². The zero-order valence-electron chi connectivity index (χ0n) is 9.19. The van der Waals surface area contributed by atoms with Gasteiger partial charge in [0.15, 0.2) is 0 Å². The lowest BCUT2D eigenvalue weighted by Gasteiger charge is -2.23. The van der Waals surface area contributed by atoms with Gasteiger partial charge in [0, 0.05) is 24.5 Å². The molecule has 1 fully saturated rings. The highest BCUT2D eigenvalue weighted by molar-refractivity contribution is 5.18. The molecule has 0 aromatic carbocycles. The largest absolute Gasteiger partial charge is 0.395 e. The summed E-state index contributed by atoms with van der Waals surface area (Å²) in [6.45, 7) is 4.34. The quantitative estimate of drug-likeness (QED) is 0.811. The molecule has 0 amide bonds. The van der Waals surface area contributed by atoms with Crippen LogP contribution < -0.4 is 0 Å². The molecule has 0 bridgehead atoms. The van der Waals surface area contributed by atoms with Crippen LogP contribution in [0.2, 0.25) is 0 Å². The van der Waals surface area contributed by atoms with Gasteiger partial charge in [-0.15, -0.1) is 0 Å². The molecule has 3 heteroatoms. The van der Waals surface area contributed by atoms with Gasteiger partial charge in [0.25, 0.3) is 0 Å². The van der Waals surface area contributed by atoms with E-state index in [9.17, 15) is 5.11 Å². The summed E-state index contributed by atoms with van der Waals surface area (Å²) in [4.78, 5) is 6.63. The minimum Gasteiger partial charge on any atom is -0.395 e. The van der Waals surface area contributed by atoms with E-state index in [-0.39, 0.29) is 6.61 Å². The Kier molecular flexibility index (Phi) is 3.34. The molecular formula is C12H18N2O. The van der Waals surface area contributed by atoms with Gasteiger partial charge < -0.3 is 5.11 Å². The van der Waals surface area contributed by atoms with Crippen molar-refractivity contribution in [3.8, 4) is 0 Å². The van der Waals surface area contributed by atoms with Crippen molar-refractivity contribution in [2.75, 3.05) is 13.2 Å². The van der Waals surface area contributed by atoms with Crippen molar-refractivity contribution in [1.82, 2.24) is 9.88 Å². The number of hydrogen-bond donors (Lipinski definition) is 1. The van der Waals surface area contributed by atoms with E-state index in [2.05, 4.69) is 16.0 Å². The van der Waals surface area contributed by atoms with Crippen molar-refractivity contribution in [3.63, 3.8) is 0 Å². The first-order valence-electron chi connectivity index (χ1n) is 5.56. The van der Waals surface area contributed by atoms with Crippen molar-refractivity contribution in [2.24, 2.45) is 0 Å². The molecule has 3 nitrogen and oxygen atoms in total. The minimum absolute atomic E-state index is 0.277. The average Bonchev–Trinajstić information content (AvgIpc) is 2.69. The average molecular weight is 206 g/mol. The van der Waals surface area contributed by atoms with E-state index in [1.807, 2.05) is 19.2 Å². The Morgan fingerprint density at radius 1 is 1.60 bits per heavy atom. The fourth-order valence-corrected chi connectivity index (χ4v) is 2.21. The molecule has 15 heavy (non-hydrogen) atoms. The van der Waals surface area contributed by atoms with Gasteiger partial charge in [-0.25, -0.2) is 0 Å². The van der Waals surface area contributed by atoms with Crippen molar-refractivity contribution >= 4 is 0 Å². The highest BCUT2D eigenvalue weighted by atomic mass is 16.3. The summed E-state index contributed by atoms with van der Waals surface area (Å²) in [5.74, 6) is 0. The SMILES string of the molecule is Cc1ncccc1CN1CCC[C@H]1CO. The van der Waals surface area contributed by atoms with Crippen molar-refractivity contribution < 1.29 is 5.11 Å². The number of pyridine rings is 1. The number of hydrogen-bond acceptors (Lipinski definition) is 3. The smallest absolute Gasteiger partial charge is 0.0587 e. The van der Waals surface area contributed by atoms with E-state index in [4.69, 9.17) is 0 Å². The Morgan fingerprint density at radius 3 is 3.20 bits per heavy atom. The maximum Gasteiger partial charge on any atom is 0.0587 e. The molecule has 0 saturated carbocycles. The summed E-state index contributed by atoms with van der Waals surface area (Å²) in [6, 6.07) is 4.45. The Bertz CT molecular complexity index is 327. The maximum atomic E-state index is 9.23. The van der Waals surface area contributed by atoms with Crippen LogP contribution >= 0.6 is 0 Å². The van der Waals surface area contributed by atoms with Gasteiger partial charge in [0.2, 0.25) is 0 Å². The normalized spacial score (nSPS) is 22.1. The van der Waals surface area contributed by atoms with Crippen LogP contribution in [0.1, 0.15) is 24.1 Å². The molecule has 2 heterocycles. The molecule has 1 saturated heterocycles. The molecule has 1 aromatic heterocycles. The van der Waals surface area contributed by atoms with Gasteiger partial charge in [-0.1, -0.05) is 6.07 Å². The van der Waals surface area contributed by atoms with Crippen molar-refractivity contribution in [2.45, 2.75) is 32.4 Å². The highest BCUT2D eigenvalue weighted by Gasteiger charge is 2.23. The summed E-state index contributed by atoms with van der Waals surface area (Å²) < 4.78 is 0. The summed E-state index contributed by atoms with van der Waals surface area (Å²) >= 11 is 0.